The Bertz CT molecular complexity index is 352. The summed E-state index contributed by atoms with van der Waals surface area (Å²) in [6.07, 6.45) is 4.05. The van der Waals surface area contributed by atoms with E-state index < -0.39 is 0 Å². The molecule has 0 amide bonds. The van der Waals surface area contributed by atoms with E-state index in [9.17, 15) is 4.79 Å². The van der Waals surface area contributed by atoms with Gasteiger partial charge in [-0.1, -0.05) is 0 Å². The van der Waals surface area contributed by atoms with Crippen molar-refractivity contribution in [2.45, 2.75) is 12.8 Å². The zero-order valence-corrected chi connectivity index (χ0v) is 7.53. The van der Waals surface area contributed by atoms with E-state index in [1.54, 1.807) is 24.5 Å². The summed E-state index contributed by atoms with van der Waals surface area (Å²) in [7, 11) is 0. The monoisotopic (exact) mass is 190 g/mol. The van der Waals surface area contributed by atoms with E-state index in [1.165, 1.54) is 0 Å². The molecule has 2 aromatic heterocycles. The zero-order chi connectivity index (χ0) is 9.80. The van der Waals surface area contributed by atoms with E-state index in [1.807, 2.05) is 0 Å². The maximum Gasteiger partial charge on any atom is 0.144 e. The molecule has 0 saturated carbocycles. The molecule has 0 aliphatic carbocycles. The fraction of sp³-hybridized carbons (Fsp3) is 0.222. The average molecular weight is 190 g/mol. The molecular formula is C9H10N4O. The Labute approximate surface area is 80.5 Å². The molecule has 0 radical (unpaired) electrons. The molecule has 2 rings (SSSR count). The minimum atomic E-state index is 0.138. The minimum Gasteiger partial charge on any atom is -0.299 e. The quantitative estimate of drug-likeness (QED) is 0.736. The van der Waals surface area contributed by atoms with Crippen molar-refractivity contribution in [2.75, 3.05) is 0 Å². The Kier molecular flexibility index (Phi) is 2.40. The Morgan fingerprint density at radius 1 is 1.07 bits per heavy atom. The number of carbonyl (C=O) groups excluding carboxylic acids is 1. The molecule has 14 heavy (non-hydrogen) atoms. The number of aromatic nitrogens is 4. The molecule has 72 valence electrons. The third-order valence-corrected chi connectivity index (χ3v) is 1.89. The lowest BCUT2D eigenvalue weighted by Gasteiger charge is -1.95. The van der Waals surface area contributed by atoms with Gasteiger partial charge in [-0.25, -0.2) is 0 Å². The van der Waals surface area contributed by atoms with E-state index in [-0.39, 0.29) is 5.78 Å². The first-order valence-electron chi connectivity index (χ1n) is 4.33. The first-order chi connectivity index (χ1) is 6.84. The Balaban J connectivity index is 1.91. The number of nitrogens with zero attached hydrogens (tertiary/aromatic N) is 2. The third kappa shape index (κ3) is 2.07. The van der Waals surface area contributed by atoms with Gasteiger partial charge in [0.2, 0.25) is 0 Å². The van der Waals surface area contributed by atoms with Crippen LogP contribution in [0.2, 0.25) is 0 Å². The molecule has 5 heteroatoms. The second-order valence-electron chi connectivity index (χ2n) is 3.06. The summed E-state index contributed by atoms with van der Waals surface area (Å²) >= 11 is 0. The highest BCUT2D eigenvalue weighted by atomic mass is 16.1. The van der Waals surface area contributed by atoms with Crippen molar-refractivity contribution in [2.24, 2.45) is 0 Å². The maximum atomic E-state index is 11.5. The normalized spacial score (nSPS) is 10.3. The highest BCUT2D eigenvalue weighted by molar-refractivity contribution is 5.82. The predicted molar refractivity (Wildman–Crippen MR) is 49.6 cm³/mol. The van der Waals surface area contributed by atoms with Crippen LogP contribution in [0.3, 0.4) is 0 Å². The molecule has 0 fully saturated rings. The zero-order valence-electron chi connectivity index (χ0n) is 7.53. The van der Waals surface area contributed by atoms with Crippen molar-refractivity contribution in [1.29, 1.82) is 0 Å². The molecular weight excluding hydrogens is 180 g/mol. The number of hydrogen-bond acceptors (Lipinski definition) is 3. The molecule has 0 bridgehead atoms. The smallest absolute Gasteiger partial charge is 0.144 e. The number of nitrogens with one attached hydrogen (secondary N) is 2. The molecule has 0 atom stereocenters. The molecule has 2 aromatic rings. The second-order valence-corrected chi connectivity index (χ2v) is 3.06. The Morgan fingerprint density at radius 2 is 1.57 bits per heavy atom. The molecule has 2 heterocycles. The largest absolute Gasteiger partial charge is 0.299 e. The van der Waals surface area contributed by atoms with Crippen molar-refractivity contribution in [3.05, 3.63) is 35.9 Å². The van der Waals surface area contributed by atoms with Gasteiger partial charge >= 0.3 is 0 Å². The molecule has 0 unspecified atom stereocenters. The highest BCUT2D eigenvalue weighted by Gasteiger charge is 2.06. The minimum absolute atomic E-state index is 0.138. The molecule has 5 nitrogen and oxygen atoms in total. The first-order valence-corrected chi connectivity index (χ1v) is 4.33. The summed E-state index contributed by atoms with van der Waals surface area (Å²) < 4.78 is 0. The number of aromatic amines is 2. The third-order valence-electron chi connectivity index (χ3n) is 1.89. The summed E-state index contributed by atoms with van der Waals surface area (Å²) in [4.78, 5) is 11.5. The number of ketones is 1. The van der Waals surface area contributed by atoms with Gasteiger partial charge < -0.3 is 0 Å². The second kappa shape index (κ2) is 3.87. The summed E-state index contributed by atoms with van der Waals surface area (Å²) in [5.74, 6) is 0.138. The van der Waals surface area contributed by atoms with Crippen LogP contribution in [0.15, 0.2) is 24.5 Å². The van der Waals surface area contributed by atoms with Crippen molar-refractivity contribution in [3.63, 3.8) is 0 Å². The molecule has 0 saturated heterocycles. The van der Waals surface area contributed by atoms with Crippen LogP contribution in [-0.4, -0.2) is 26.2 Å². The molecule has 0 aliphatic rings. The molecule has 0 aliphatic heterocycles. The van der Waals surface area contributed by atoms with Crippen LogP contribution in [0.4, 0.5) is 0 Å². The van der Waals surface area contributed by atoms with Crippen LogP contribution in [-0.2, 0) is 17.6 Å². The number of rotatable bonds is 4. The van der Waals surface area contributed by atoms with E-state index in [2.05, 4.69) is 20.4 Å². The number of H-pyrrole nitrogens is 2. The van der Waals surface area contributed by atoms with Crippen LogP contribution in [0.1, 0.15) is 11.4 Å². The van der Waals surface area contributed by atoms with Crippen LogP contribution in [0.25, 0.3) is 0 Å². The van der Waals surface area contributed by atoms with Gasteiger partial charge in [-0.2, -0.15) is 10.2 Å². The molecule has 0 aromatic carbocycles. The van der Waals surface area contributed by atoms with Gasteiger partial charge in [-0.05, 0) is 12.1 Å². The van der Waals surface area contributed by atoms with Crippen LogP contribution < -0.4 is 0 Å². The summed E-state index contributed by atoms with van der Waals surface area (Å²) in [5.41, 5.74) is 1.68. The van der Waals surface area contributed by atoms with Crippen molar-refractivity contribution in [1.82, 2.24) is 20.4 Å². The Hall–Kier alpha value is -1.91. The van der Waals surface area contributed by atoms with Gasteiger partial charge in [0, 0.05) is 36.6 Å². The van der Waals surface area contributed by atoms with Gasteiger partial charge in [0.1, 0.15) is 5.78 Å². The predicted octanol–water partition coefficient (Wildman–Crippen LogP) is 0.487. The van der Waals surface area contributed by atoms with Crippen molar-refractivity contribution in [3.8, 4) is 0 Å². The maximum absolute atomic E-state index is 11.5. The topological polar surface area (TPSA) is 74.4 Å². The summed E-state index contributed by atoms with van der Waals surface area (Å²) in [6, 6.07) is 3.59. The molecule has 0 spiro atoms. The Morgan fingerprint density at radius 3 is 1.93 bits per heavy atom. The van der Waals surface area contributed by atoms with E-state index in [4.69, 9.17) is 0 Å². The number of hydrogen-bond donors (Lipinski definition) is 2. The number of carbonyl (C=O) groups is 1. The van der Waals surface area contributed by atoms with Crippen molar-refractivity contribution < 1.29 is 4.79 Å². The lowest BCUT2D eigenvalue weighted by molar-refractivity contribution is -0.117. The van der Waals surface area contributed by atoms with Gasteiger partial charge in [0.05, 0.1) is 0 Å². The lowest BCUT2D eigenvalue weighted by Crippen LogP contribution is -2.07. The highest BCUT2D eigenvalue weighted by Crippen LogP contribution is 1.99. The SMILES string of the molecule is O=C(Cc1ccn[nH]1)Cc1ccn[nH]1. The summed E-state index contributed by atoms with van der Waals surface area (Å²) in [6.45, 7) is 0. The van der Waals surface area contributed by atoms with E-state index in [0.717, 1.165) is 11.4 Å². The van der Waals surface area contributed by atoms with Crippen LogP contribution in [0.5, 0.6) is 0 Å². The van der Waals surface area contributed by atoms with Crippen LogP contribution in [0, 0.1) is 0 Å². The van der Waals surface area contributed by atoms with Crippen molar-refractivity contribution >= 4 is 5.78 Å². The summed E-state index contributed by atoms with van der Waals surface area (Å²) in [5, 5.41) is 13.1. The van der Waals surface area contributed by atoms with Gasteiger partial charge in [-0.3, -0.25) is 15.0 Å². The van der Waals surface area contributed by atoms with Gasteiger partial charge in [0.25, 0.3) is 0 Å². The lowest BCUT2D eigenvalue weighted by atomic mass is 10.1. The van der Waals surface area contributed by atoms with Crippen LogP contribution >= 0.6 is 0 Å². The standard InChI is InChI=1S/C9H10N4O/c14-9(5-7-1-3-10-12-7)6-8-2-4-11-13-8/h1-4H,5-6H2,(H,10,12)(H,11,13). The van der Waals surface area contributed by atoms with Gasteiger partial charge in [-0.15, -0.1) is 0 Å². The van der Waals surface area contributed by atoms with E-state index in [0.29, 0.717) is 12.8 Å². The van der Waals surface area contributed by atoms with E-state index >= 15 is 0 Å². The molecule has 2 N–H and O–H groups in total. The fourth-order valence-electron chi connectivity index (χ4n) is 1.25. The van der Waals surface area contributed by atoms with Gasteiger partial charge in [0.15, 0.2) is 0 Å². The number of Topliss-reactive ketones (excluding diaryl/α,β-unsaturated/α-hetero) is 1. The average Bonchev–Trinajstić information content (AvgIpc) is 2.76. The fourth-order valence-corrected chi connectivity index (χ4v) is 1.25. The first kappa shape index (κ1) is 8.68.